The number of hydrogen-bond donors (Lipinski definition) is 1. The van der Waals surface area contributed by atoms with Gasteiger partial charge in [0.2, 0.25) is 0 Å². The highest BCUT2D eigenvalue weighted by Crippen LogP contribution is 2.28. The largest absolute Gasteiger partial charge is 0.347 e. The molecule has 0 atom stereocenters. The molecule has 0 radical (unpaired) electrons. The van der Waals surface area contributed by atoms with E-state index in [4.69, 9.17) is 0 Å². The van der Waals surface area contributed by atoms with Crippen LogP contribution in [-0.4, -0.2) is 30.6 Å². The minimum Gasteiger partial charge on any atom is -0.347 e. The van der Waals surface area contributed by atoms with E-state index in [2.05, 4.69) is 61.2 Å². The average molecular weight is 513 g/mol. The molecule has 0 saturated heterocycles. The van der Waals surface area contributed by atoms with Gasteiger partial charge in [-0.2, -0.15) is 0 Å². The van der Waals surface area contributed by atoms with Crippen molar-refractivity contribution < 1.29 is 4.79 Å². The summed E-state index contributed by atoms with van der Waals surface area (Å²) in [6, 6.07) is 22.3. The van der Waals surface area contributed by atoms with Gasteiger partial charge in [-0.05, 0) is 35.7 Å². The van der Waals surface area contributed by atoms with Gasteiger partial charge in [0, 0.05) is 30.7 Å². The van der Waals surface area contributed by atoms with Crippen LogP contribution in [0.15, 0.2) is 89.7 Å². The van der Waals surface area contributed by atoms with Crippen LogP contribution in [0.1, 0.15) is 38.0 Å². The molecule has 36 heavy (non-hydrogen) atoms. The Morgan fingerprint density at radius 3 is 2.61 bits per heavy atom. The summed E-state index contributed by atoms with van der Waals surface area (Å²) in [7, 11) is 0. The molecule has 5 aromatic rings. The maximum absolute atomic E-state index is 12.5. The van der Waals surface area contributed by atoms with Crippen LogP contribution in [0.3, 0.4) is 0 Å². The maximum atomic E-state index is 12.5. The first-order valence-corrected chi connectivity index (χ1v) is 13.3. The smallest absolute Gasteiger partial charge is 0.271 e. The quantitative estimate of drug-likeness (QED) is 0.272. The summed E-state index contributed by atoms with van der Waals surface area (Å²) in [5.74, 6) is 1.28. The average Bonchev–Trinajstić information content (AvgIpc) is 3.55. The van der Waals surface area contributed by atoms with Crippen LogP contribution >= 0.6 is 23.1 Å². The number of aromatic nitrogens is 5. The van der Waals surface area contributed by atoms with E-state index in [0.717, 1.165) is 32.8 Å². The Balaban J connectivity index is 1.31. The van der Waals surface area contributed by atoms with E-state index in [0.29, 0.717) is 24.4 Å². The van der Waals surface area contributed by atoms with Crippen LogP contribution in [0.25, 0.3) is 5.69 Å². The number of thioether (sulfide) groups is 1. The lowest BCUT2D eigenvalue weighted by molar-refractivity contribution is 0.0946. The number of nitrogens with zero attached hydrogens (tertiary/aromatic N) is 5. The Kier molecular flexibility index (Phi) is 7.49. The van der Waals surface area contributed by atoms with Crippen molar-refractivity contribution in [3.05, 3.63) is 118 Å². The summed E-state index contributed by atoms with van der Waals surface area (Å²) in [4.78, 5) is 21.2. The number of thiazole rings is 1. The molecule has 3 heterocycles. The molecule has 0 saturated carbocycles. The zero-order chi connectivity index (χ0) is 24.7. The molecule has 1 N–H and O–H groups in total. The summed E-state index contributed by atoms with van der Waals surface area (Å²) in [5.41, 5.74) is 4.75. The number of carbonyl (C=O) groups is 1. The number of carbonyl (C=O) groups excluding carboxylic acids is 1. The first-order chi connectivity index (χ1) is 17.7. The lowest BCUT2D eigenvalue weighted by atomic mass is 10.1. The number of amides is 1. The molecule has 0 unspecified atom stereocenters. The Bertz CT molecular complexity index is 1450. The Labute approximate surface area is 217 Å². The fourth-order valence-electron chi connectivity index (χ4n) is 3.73. The Hall–Kier alpha value is -3.82. The molecular weight excluding hydrogens is 488 g/mol. The van der Waals surface area contributed by atoms with Gasteiger partial charge in [-0.25, -0.2) is 4.98 Å². The summed E-state index contributed by atoms with van der Waals surface area (Å²) < 4.78 is 2.13. The van der Waals surface area contributed by atoms with Crippen LogP contribution in [0, 0.1) is 6.92 Å². The van der Waals surface area contributed by atoms with Crippen LogP contribution in [-0.2, 0) is 18.7 Å². The first-order valence-electron chi connectivity index (χ1n) is 11.5. The van der Waals surface area contributed by atoms with Crippen molar-refractivity contribution in [2.24, 2.45) is 0 Å². The second-order valence-corrected chi connectivity index (χ2v) is 10.0. The summed E-state index contributed by atoms with van der Waals surface area (Å²) in [6.45, 7) is 2.51. The number of para-hydroxylation sites is 1. The third kappa shape index (κ3) is 5.69. The fraction of sp³-hybridized carbons (Fsp3) is 0.148. The molecule has 2 aromatic carbocycles. The van der Waals surface area contributed by atoms with E-state index in [1.165, 1.54) is 16.9 Å². The van der Waals surface area contributed by atoms with Crippen LogP contribution in [0.4, 0.5) is 0 Å². The predicted octanol–water partition coefficient (Wildman–Crippen LogP) is 5.24. The second-order valence-electron chi connectivity index (χ2n) is 8.14. The normalized spacial score (nSPS) is 10.9. The lowest BCUT2D eigenvalue weighted by Gasteiger charge is -2.12. The standard InChI is InChI=1S/C27H24N6OS2/c1-19-8-5-6-12-23(19)33-24(14-20-9-3-2-4-10-20)31-32-27(33)36-18-25-30-22(17-35-25)26(34)29-16-21-11-7-13-28-15-21/h2-13,15,17H,14,16,18H2,1H3,(H,29,34). The van der Waals surface area contributed by atoms with Crippen molar-refractivity contribution in [2.75, 3.05) is 0 Å². The molecule has 180 valence electrons. The third-order valence-electron chi connectivity index (χ3n) is 5.55. The molecular formula is C27H24N6OS2. The van der Waals surface area contributed by atoms with Crippen molar-refractivity contribution >= 4 is 29.0 Å². The van der Waals surface area contributed by atoms with E-state index in [1.54, 1.807) is 29.5 Å². The molecule has 0 bridgehead atoms. The number of benzene rings is 2. The predicted molar refractivity (Wildman–Crippen MR) is 142 cm³/mol. The topological polar surface area (TPSA) is 85.6 Å². The SMILES string of the molecule is Cc1ccccc1-n1c(Cc2ccccc2)nnc1SCc1nc(C(=O)NCc2cccnc2)cs1. The van der Waals surface area contributed by atoms with Crippen LogP contribution in [0.5, 0.6) is 0 Å². The highest BCUT2D eigenvalue weighted by Gasteiger charge is 2.18. The molecule has 0 fully saturated rings. The van der Waals surface area contributed by atoms with E-state index in [-0.39, 0.29) is 5.91 Å². The second kappa shape index (κ2) is 11.3. The molecule has 3 aromatic heterocycles. The van der Waals surface area contributed by atoms with Crippen molar-refractivity contribution in [1.29, 1.82) is 0 Å². The minimum atomic E-state index is -0.195. The molecule has 0 aliphatic heterocycles. The number of rotatable bonds is 9. The summed E-state index contributed by atoms with van der Waals surface area (Å²) in [6.07, 6.45) is 4.13. The van der Waals surface area contributed by atoms with Gasteiger partial charge in [0.25, 0.3) is 5.91 Å². The summed E-state index contributed by atoms with van der Waals surface area (Å²) in [5, 5.41) is 15.4. The zero-order valence-electron chi connectivity index (χ0n) is 19.7. The third-order valence-corrected chi connectivity index (χ3v) is 7.52. The molecule has 5 rings (SSSR count). The van der Waals surface area contributed by atoms with Crippen LogP contribution in [0.2, 0.25) is 0 Å². The van der Waals surface area contributed by atoms with Crippen molar-refractivity contribution in [1.82, 2.24) is 30.0 Å². The van der Waals surface area contributed by atoms with Gasteiger partial charge in [-0.1, -0.05) is 66.4 Å². The van der Waals surface area contributed by atoms with E-state index in [1.807, 2.05) is 42.5 Å². The minimum absolute atomic E-state index is 0.195. The van der Waals surface area contributed by atoms with E-state index in [9.17, 15) is 4.79 Å². The highest BCUT2D eigenvalue weighted by atomic mass is 32.2. The van der Waals surface area contributed by atoms with Gasteiger partial charge in [0.05, 0.1) is 11.4 Å². The van der Waals surface area contributed by atoms with Gasteiger partial charge in [-0.15, -0.1) is 21.5 Å². The van der Waals surface area contributed by atoms with Gasteiger partial charge in [0.1, 0.15) is 16.5 Å². The van der Waals surface area contributed by atoms with Crippen LogP contribution < -0.4 is 5.32 Å². The van der Waals surface area contributed by atoms with Gasteiger partial charge >= 0.3 is 0 Å². The molecule has 0 aliphatic rings. The zero-order valence-corrected chi connectivity index (χ0v) is 21.3. The van der Waals surface area contributed by atoms with Crippen molar-refractivity contribution in [3.63, 3.8) is 0 Å². The van der Waals surface area contributed by atoms with Gasteiger partial charge in [0.15, 0.2) is 5.16 Å². The monoisotopic (exact) mass is 512 g/mol. The highest BCUT2D eigenvalue weighted by molar-refractivity contribution is 7.98. The van der Waals surface area contributed by atoms with Crippen molar-refractivity contribution in [2.45, 2.75) is 30.8 Å². The van der Waals surface area contributed by atoms with Gasteiger partial charge < -0.3 is 5.32 Å². The van der Waals surface area contributed by atoms with E-state index < -0.39 is 0 Å². The lowest BCUT2D eigenvalue weighted by Crippen LogP contribution is -2.23. The fourth-order valence-corrected chi connectivity index (χ4v) is 5.48. The van der Waals surface area contributed by atoms with Gasteiger partial charge in [-0.3, -0.25) is 14.3 Å². The Morgan fingerprint density at radius 1 is 1.00 bits per heavy atom. The summed E-state index contributed by atoms with van der Waals surface area (Å²) >= 11 is 3.04. The van der Waals surface area contributed by atoms with Crippen molar-refractivity contribution in [3.8, 4) is 5.69 Å². The first kappa shape index (κ1) is 23.9. The Morgan fingerprint density at radius 2 is 1.81 bits per heavy atom. The molecule has 7 nitrogen and oxygen atoms in total. The number of aryl methyl sites for hydroxylation is 1. The molecule has 1 amide bonds. The number of hydrogen-bond acceptors (Lipinski definition) is 7. The van der Waals surface area contributed by atoms with E-state index >= 15 is 0 Å². The molecule has 0 aliphatic carbocycles. The molecule has 9 heteroatoms. The molecule has 0 spiro atoms. The number of pyridine rings is 1. The maximum Gasteiger partial charge on any atom is 0.271 e. The number of nitrogens with one attached hydrogen (secondary N) is 1.